The smallest absolute Gasteiger partial charge is 0.266 e. The van der Waals surface area contributed by atoms with Crippen LogP contribution in [0.2, 0.25) is 0 Å². The van der Waals surface area contributed by atoms with Crippen molar-refractivity contribution in [1.82, 2.24) is 15.0 Å². The molecule has 1 aromatic heterocycles. The summed E-state index contributed by atoms with van der Waals surface area (Å²) in [4.78, 5) is 8.99. The van der Waals surface area contributed by atoms with Crippen LogP contribution in [0.5, 0.6) is 0 Å². The molecule has 0 saturated carbocycles. The number of rotatable bonds is 4. The maximum atomic E-state index is 5.37. The van der Waals surface area contributed by atoms with Crippen LogP contribution in [-0.4, -0.2) is 48.8 Å². The molecule has 3 rings (SSSR count). The third-order valence-electron chi connectivity index (χ3n) is 4.03. The van der Waals surface area contributed by atoms with Gasteiger partial charge in [0.15, 0.2) is 0 Å². The van der Waals surface area contributed by atoms with Crippen molar-refractivity contribution in [3.63, 3.8) is 0 Å². The average Bonchev–Trinajstić information content (AvgIpc) is 2.98. The van der Waals surface area contributed by atoms with E-state index in [-0.39, 0.29) is 0 Å². The first-order chi connectivity index (χ1) is 10.2. The Labute approximate surface area is 125 Å². The molecule has 1 aliphatic rings. The molecule has 1 unspecified atom stereocenters. The topological polar surface area (TPSA) is 45.4 Å². The predicted molar refractivity (Wildman–Crippen MR) is 83.2 cm³/mol. The van der Waals surface area contributed by atoms with E-state index >= 15 is 0 Å². The molecule has 1 saturated heterocycles. The van der Waals surface area contributed by atoms with Crippen LogP contribution < -0.4 is 4.90 Å². The molecule has 0 radical (unpaired) electrons. The van der Waals surface area contributed by atoms with Gasteiger partial charge in [0, 0.05) is 25.7 Å². The van der Waals surface area contributed by atoms with Crippen LogP contribution in [0.1, 0.15) is 12.8 Å². The van der Waals surface area contributed by atoms with E-state index in [9.17, 15) is 0 Å². The van der Waals surface area contributed by atoms with Gasteiger partial charge in [0.2, 0.25) is 0 Å². The zero-order valence-corrected chi connectivity index (χ0v) is 12.7. The Bertz CT molecular complexity index is 569. The lowest BCUT2D eigenvalue weighted by Crippen LogP contribution is -2.38. The van der Waals surface area contributed by atoms with Crippen molar-refractivity contribution >= 4 is 5.95 Å². The van der Waals surface area contributed by atoms with Crippen LogP contribution in [0, 0.1) is 5.92 Å². The highest BCUT2D eigenvalue weighted by molar-refractivity contribution is 5.53. The van der Waals surface area contributed by atoms with E-state index in [0.717, 1.165) is 18.7 Å². The maximum Gasteiger partial charge on any atom is 0.266 e. The van der Waals surface area contributed by atoms with E-state index in [4.69, 9.17) is 4.52 Å². The standard InChI is InChI=1S/C16H22N4O/c1-19-10-6-7-13(11-19)12-20(2)16-17-15(21-18-16)14-8-4-3-5-9-14/h3-5,8-9,13H,6-7,10-12H2,1-2H3. The summed E-state index contributed by atoms with van der Waals surface area (Å²) in [5.74, 6) is 1.92. The van der Waals surface area contributed by atoms with Crippen molar-refractivity contribution in [2.24, 2.45) is 5.92 Å². The molecule has 2 heterocycles. The molecule has 0 amide bonds. The first kappa shape index (κ1) is 14.1. The summed E-state index contributed by atoms with van der Waals surface area (Å²) in [5, 5.41) is 4.10. The monoisotopic (exact) mass is 286 g/mol. The van der Waals surface area contributed by atoms with E-state index < -0.39 is 0 Å². The van der Waals surface area contributed by atoms with Crippen molar-refractivity contribution in [2.75, 3.05) is 38.6 Å². The van der Waals surface area contributed by atoms with Gasteiger partial charge in [0.25, 0.3) is 11.8 Å². The molecule has 5 heteroatoms. The van der Waals surface area contributed by atoms with Gasteiger partial charge in [-0.05, 0) is 49.6 Å². The number of hydrogen-bond acceptors (Lipinski definition) is 5. The Hall–Kier alpha value is -1.88. The maximum absolute atomic E-state index is 5.37. The summed E-state index contributed by atoms with van der Waals surface area (Å²) in [5.41, 5.74) is 0.960. The fourth-order valence-electron chi connectivity index (χ4n) is 2.96. The molecule has 0 spiro atoms. The minimum Gasteiger partial charge on any atom is -0.341 e. The third-order valence-corrected chi connectivity index (χ3v) is 4.03. The first-order valence-electron chi connectivity index (χ1n) is 7.51. The van der Waals surface area contributed by atoms with Gasteiger partial charge < -0.3 is 14.3 Å². The number of hydrogen-bond donors (Lipinski definition) is 0. The summed E-state index contributed by atoms with van der Waals surface area (Å²) in [7, 11) is 4.22. The summed E-state index contributed by atoms with van der Waals surface area (Å²) in [6.45, 7) is 3.33. The lowest BCUT2D eigenvalue weighted by molar-refractivity contribution is 0.212. The van der Waals surface area contributed by atoms with Gasteiger partial charge in [-0.2, -0.15) is 4.98 Å². The second kappa shape index (κ2) is 6.26. The molecule has 0 bridgehead atoms. The summed E-state index contributed by atoms with van der Waals surface area (Å²) in [6, 6.07) is 9.88. The van der Waals surface area contributed by atoms with Gasteiger partial charge >= 0.3 is 0 Å². The molecule has 0 aliphatic carbocycles. The Morgan fingerprint density at radius 3 is 2.90 bits per heavy atom. The second-order valence-corrected chi connectivity index (χ2v) is 5.92. The fraction of sp³-hybridized carbons (Fsp3) is 0.500. The number of aromatic nitrogens is 2. The lowest BCUT2D eigenvalue weighted by atomic mass is 9.98. The van der Waals surface area contributed by atoms with E-state index in [2.05, 4.69) is 27.0 Å². The minimum absolute atomic E-state index is 0.582. The highest BCUT2D eigenvalue weighted by Gasteiger charge is 2.21. The number of likely N-dealkylation sites (tertiary alicyclic amines) is 1. The van der Waals surface area contributed by atoms with Gasteiger partial charge in [-0.25, -0.2) is 0 Å². The molecule has 1 aliphatic heterocycles. The van der Waals surface area contributed by atoms with E-state index in [0.29, 0.717) is 17.8 Å². The summed E-state index contributed by atoms with van der Waals surface area (Å²) in [6.07, 6.45) is 2.55. The number of nitrogens with zero attached hydrogens (tertiary/aromatic N) is 4. The van der Waals surface area contributed by atoms with E-state index in [1.807, 2.05) is 37.4 Å². The predicted octanol–water partition coefficient (Wildman–Crippen LogP) is 2.51. The third kappa shape index (κ3) is 3.42. The van der Waals surface area contributed by atoms with E-state index in [1.54, 1.807) is 0 Å². The van der Waals surface area contributed by atoms with E-state index in [1.165, 1.54) is 19.4 Å². The number of piperidine rings is 1. The van der Waals surface area contributed by atoms with Crippen molar-refractivity contribution in [1.29, 1.82) is 0 Å². The quantitative estimate of drug-likeness (QED) is 0.864. The molecule has 1 fully saturated rings. The molecule has 5 nitrogen and oxygen atoms in total. The van der Waals surface area contributed by atoms with Crippen LogP contribution in [0.25, 0.3) is 11.5 Å². The minimum atomic E-state index is 0.582. The highest BCUT2D eigenvalue weighted by Crippen LogP contribution is 2.21. The Balaban J connectivity index is 1.65. The lowest BCUT2D eigenvalue weighted by Gasteiger charge is -2.31. The number of benzene rings is 1. The second-order valence-electron chi connectivity index (χ2n) is 5.92. The van der Waals surface area contributed by atoms with Gasteiger partial charge in [0.05, 0.1) is 0 Å². The molecular formula is C16H22N4O. The fourth-order valence-corrected chi connectivity index (χ4v) is 2.96. The molecule has 112 valence electrons. The Morgan fingerprint density at radius 1 is 1.33 bits per heavy atom. The first-order valence-corrected chi connectivity index (χ1v) is 7.51. The van der Waals surface area contributed by atoms with Gasteiger partial charge in [-0.3, -0.25) is 0 Å². The van der Waals surface area contributed by atoms with Gasteiger partial charge in [-0.1, -0.05) is 18.2 Å². The van der Waals surface area contributed by atoms with Crippen LogP contribution in [-0.2, 0) is 0 Å². The van der Waals surface area contributed by atoms with Crippen LogP contribution in [0.3, 0.4) is 0 Å². The Morgan fingerprint density at radius 2 is 2.14 bits per heavy atom. The normalized spacial score (nSPS) is 19.6. The summed E-state index contributed by atoms with van der Waals surface area (Å²) >= 11 is 0. The molecular weight excluding hydrogens is 264 g/mol. The van der Waals surface area contributed by atoms with Crippen LogP contribution in [0.15, 0.2) is 34.9 Å². The van der Waals surface area contributed by atoms with Crippen LogP contribution >= 0.6 is 0 Å². The highest BCUT2D eigenvalue weighted by atomic mass is 16.5. The van der Waals surface area contributed by atoms with Crippen LogP contribution in [0.4, 0.5) is 5.95 Å². The SMILES string of the molecule is CN1CCCC(CN(C)c2noc(-c3ccccc3)n2)C1. The van der Waals surface area contributed by atoms with Crippen molar-refractivity contribution in [2.45, 2.75) is 12.8 Å². The zero-order valence-electron chi connectivity index (χ0n) is 12.7. The average molecular weight is 286 g/mol. The van der Waals surface area contributed by atoms with Gasteiger partial charge in [-0.15, -0.1) is 0 Å². The van der Waals surface area contributed by atoms with Gasteiger partial charge in [0.1, 0.15) is 0 Å². The molecule has 0 N–H and O–H groups in total. The van der Waals surface area contributed by atoms with Crippen molar-refractivity contribution < 1.29 is 4.52 Å². The van der Waals surface area contributed by atoms with Crippen molar-refractivity contribution in [3.05, 3.63) is 30.3 Å². The molecule has 21 heavy (non-hydrogen) atoms. The number of anilines is 1. The molecule has 1 atom stereocenters. The summed E-state index contributed by atoms with van der Waals surface area (Å²) < 4.78 is 5.37. The zero-order chi connectivity index (χ0) is 14.7. The molecule has 1 aromatic carbocycles. The van der Waals surface area contributed by atoms with Crippen molar-refractivity contribution in [3.8, 4) is 11.5 Å². The molecule has 2 aromatic rings. The Kier molecular flexibility index (Phi) is 4.20. The largest absolute Gasteiger partial charge is 0.341 e.